The van der Waals surface area contributed by atoms with Crippen LogP contribution in [0.1, 0.15) is 10.6 Å². The lowest BCUT2D eigenvalue weighted by molar-refractivity contribution is 0.0998. The van der Waals surface area contributed by atoms with Crippen molar-refractivity contribution >= 4 is 33.3 Å². The molecule has 1 amide bonds. The number of fused-ring (bicyclic) bond motifs is 1. The van der Waals surface area contributed by atoms with Gasteiger partial charge in [0.15, 0.2) is 16.5 Å². The third-order valence-electron chi connectivity index (χ3n) is 3.03. The zero-order chi connectivity index (χ0) is 14.9. The molecular formula is C15H9N3O3S. The molecule has 0 radical (unpaired) electrons. The van der Waals surface area contributed by atoms with Gasteiger partial charge in [0.25, 0.3) is 5.91 Å². The topological polar surface area (TPSA) is 81.2 Å². The Morgan fingerprint density at radius 3 is 2.86 bits per heavy atom. The van der Waals surface area contributed by atoms with E-state index in [1.165, 1.54) is 11.3 Å². The predicted octanol–water partition coefficient (Wildman–Crippen LogP) is 3.80. The Labute approximate surface area is 128 Å². The van der Waals surface area contributed by atoms with Gasteiger partial charge in [-0.3, -0.25) is 10.1 Å². The normalized spacial score (nSPS) is 10.9. The Hall–Kier alpha value is -2.93. The molecule has 0 unspecified atom stereocenters. The first kappa shape index (κ1) is 12.8. The van der Waals surface area contributed by atoms with Gasteiger partial charge in [0.2, 0.25) is 5.13 Å². The summed E-state index contributed by atoms with van der Waals surface area (Å²) in [6, 6.07) is 12.7. The maximum atomic E-state index is 12.2. The maximum absolute atomic E-state index is 12.2. The van der Waals surface area contributed by atoms with Crippen LogP contribution in [0.25, 0.3) is 21.7 Å². The van der Waals surface area contributed by atoms with Crippen LogP contribution in [-0.4, -0.2) is 16.1 Å². The second-order valence-corrected chi connectivity index (χ2v) is 5.47. The molecule has 0 saturated carbocycles. The van der Waals surface area contributed by atoms with E-state index >= 15 is 0 Å². The minimum atomic E-state index is -0.363. The zero-order valence-electron chi connectivity index (χ0n) is 11.1. The van der Waals surface area contributed by atoms with Crippen LogP contribution in [0.3, 0.4) is 0 Å². The molecule has 0 spiro atoms. The number of nitrogens with zero attached hydrogens (tertiary/aromatic N) is 2. The molecule has 6 nitrogen and oxygen atoms in total. The monoisotopic (exact) mass is 311 g/mol. The number of benzene rings is 1. The molecule has 0 aliphatic heterocycles. The van der Waals surface area contributed by atoms with Crippen molar-refractivity contribution < 1.29 is 13.6 Å². The third kappa shape index (κ3) is 2.27. The van der Waals surface area contributed by atoms with Crippen LogP contribution in [0, 0.1) is 0 Å². The fourth-order valence-electron chi connectivity index (χ4n) is 2.03. The minimum Gasteiger partial charge on any atom is -0.462 e. The molecule has 108 valence electrons. The molecule has 4 aromatic rings. The Morgan fingerprint density at radius 2 is 2.05 bits per heavy atom. The van der Waals surface area contributed by atoms with Crippen LogP contribution in [0.15, 0.2) is 57.6 Å². The molecule has 1 aromatic carbocycles. The first-order valence-electron chi connectivity index (χ1n) is 6.47. The number of amides is 1. The SMILES string of the molecule is O=C(Nc1nnc(-c2ccco2)s1)c1cc2ccccc2o1. The minimum absolute atomic E-state index is 0.232. The van der Waals surface area contributed by atoms with Gasteiger partial charge < -0.3 is 8.83 Å². The smallest absolute Gasteiger partial charge is 0.293 e. The van der Waals surface area contributed by atoms with Crippen molar-refractivity contribution in [3.05, 3.63) is 54.5 Å². The van der Waals surface area contributed by atoms with E-state index in [0.29, 0.717) is 21.5 Å². The highest BCUT2D eigenvalue weighted by Crippen LogP contribution is 2.27. The number of rotatable bonds is 3. The summed E-state index contributed by atoms with van der Waals surface area (Å²) in [5.41, 5.74) is 0.668. The molecular weight excluding hydrogens is 302 g/mol. The van der Waals surface area contributed by atoms with E-state index in [9.17, 15) is 4.79 Å². The van der Waals surface area contributed by atoms with Gasteiger partial charge >= 0.3 is 0 Å². The Bertz CT molecular complexity index is 907. The number of carbonyl (C=O) groups excluding carboxylic acids is 1. The molecule has 1 N–H and O–H groups in total. The molecule has 0 atom stereocenters. The Kier molecular flexibility index (Phi) is 2.97. The van der Waals surface area contributed by atoms with Crippen LogP contribution in [-0.2, 0) is 0 Å². The molecule has 7 heteroatoms. The standard InChI is InChI=1S/C15H9N3O3S/c19-13(12-8-9-4-1-2-5-10(9)21-12)16-15-18-17-14(22-15)11-6-3-7-20-11/h1-8H,(H,16,18,19). The van der Waals surface area contributed by atoms with Crippen LogP contribution >= 0.6 is 11.3 Å². The van der Waals surface area contributed by atoms with Crippen molar-refractivity contribution in [3.8, 4) is 10.8 Å². The summed E-state index contributed by atoms with van der Waals surface area (Å²) in [6.45, 7) is 0. The highest BCUT2D eigenvalue weighted by atomic mass is 32.1. The van der Waals surface area contributed by atoms with Crippen molar-refractivity contribution in [1.82, 2.24) is 10.2 Å². The average Bonchev–Trinajstić information content (AvgIpc) is 3.26. The highest BCUT2D eigenvalue weighted by Gasteiger charge is 2.15. The summed E-state index contributed by atoms with van der Waals surface area (Å²) >= 11 is 1.23. The fourth-order valence-corrected chi connectivity index (χ4v) is 2.73. The molecule has 4 rings (SSSR count). The van der Waals surface area contributed by atoms with Gasteiger partial charge in [-0.05, 0) is 24.3 Å². The van der Waals surface area contributed by atoms with E-state index in [2.05, 4.69) is 15.5 Å². The van der Waals surface area contributed by atoms with Gasteiger partial charge in [0, 0.05) is 5.39 Å². The quantitative estimate of drug-likeness (QED) is 0.622. The number of para-hydroxylation sites is 1. The van der Waals surface area contributed by atoms with Crippen LogP contribution in [0.2, 0.25) is 0 Å². The average molecular weight is 311 g/mol. The van der Waals surface area contributed by atoms with Crippen molar-refractivity contribution in [2.24, 2.45) is 0 Å². The summed E-state index contributed by atoms with van der Waals surface area (Å²) in [7, 11) is 0. The molecule has 22 heavy (non-hydrogen) atoms. The van der Waals surface area contributed by atoms with E-state index < -0.39 is 0 Å². The molecule has 3 heterocycles. The summed E-state index contributed by atoms with van der Waals surface area (Å²) < 4.78 is 10.7. The number of carbonyl (C=O) groups is 1. The molecule has 0 aliphatic rings. The summed E-state index contributed by atoms with van der Waals surface area (Å²) in [6.07, 6.45) is 1.56. The number of nitrogens with one attached hydrogen (secondary N) is 1. The second-order valence-electron chi connectivity index (χ2n) is 4.49. The summed E-state index contributed by atoms with van der Waals surface area (Å²) in [4.78, 5) is 12.2. The Morgan fingerprint density at radius 1 is 1.14 bits per heavy atom. The van der Waals surface area contributed by atoms with Crippen molar-refractivity contribution in [2.45, 2.75) is 0 Å². The summed E-state index contributed by atoms with van der Waals surface area (Å²) in [5.74, 6) is 0.482. The Balaban J connectivity index is 1.56. The van der Waals surface area contributed by atoms with Gasteiger partial charge in [-0.25, -0.2) is 0 Å². The number of aromatic nitrogens is 2. The third-order valence-corrected chi connectivity index (χ3v) is 3.88. The van der Waals surface area contributed by atoms with Crippen LogP contribution in [0.5, 0.6) is 0 Å². The van der Waals surface area contributed by atoms with E-state index in [1.54, 1.807) is 24.5 Å². The lowest BCUT2D eigenvalue weighted by Crippen LogP contribution is -2.10. The lowest BCUT2D eigenvalue weighted by atomic mass is 10.2. The maximum Gasteiger partial charge on any atom is 0.293 e. The van der Waals surface area contributed by atoms with Gasteiger partial charge in [0.1, 0.15) is 5.58 Å². The predicted molar refractivity (Wildman–Crippen MR) is 81.8 cm³/mol. The van der Waals surface area contributed by atoms with Crippen LogP contribution in [0.4, 0.5) is 5.13 Å². The van der Waals surface area contributed by atoms with E-state index in [-0.39, 0.29) is 11.7 Å². The molecule has 3 aromatic heterocycles. The van der Waals surface area contributed by atoms with Crippen molar-refractivity contribution in [2.75, 3.05) is 5.32 Å². The molecule has 0 saturated heterocycles. The lowest BCUT2D eigenvalue weighted by Gasteiger charge is -1.95. The summed E-state index contributed by atoms with van der Waals surface area (Å²) in [5, 5.41) is 12.4. The zero-order valence-corrected chi connectivity index (χ0v) is 12.0. The molecule has 0 fully saturated rings. The number of hydrogen-bond acceptors (Lipinski definition) is 6. The van der Waals surface area contributed by atoms with Gasteiger partial charge in [0.05, 0.1) is 6.26 Å². The number of furan rings is 2. The fraction of sp³-hybridized carbons (Fsp3) is 0. The van der Waals surface area contributed by atoms with Gasteiger partial charge in [-0.15, -0.1) is 10.2 Å². The first-order valence-corrected chi connectivity index (χ1v) is 7.28. The highest BCUT2D eigenvalue weighted by molar-refractivity contribution is 7.18. The van der Waals surface area contributed by atoms with Crippen molar-refractivity contribution in [1.29, 1.82) is 0 Å². The number of anilines is 1. The first-order chi connectivity index (χ1) is 10.8. The molecule has 0 bridgehead atoms. The van der Waals surface area contributed by atoms with E-state index in [1.807, 2.05) is 24.3 Å². The number of hydrogen-bond donors (Lipinski definition) is 1. The van der Waals surface area contributed by atoms with E-state index in [4.69, 9.17) is 8.83 Å². The molecule has 0 aliphatic carbocycles. The van der Waals surface area contributed by atoms with Gasteiger partial charge in [-0.1, -0.05) is 29.5 Å². The van der Waals surface area contributed by atoms with Crippen LogP contribution < -0.4 is 5.32 Å². The van der Waals surface area contributed by atoms with E-state index in [0.717, 1.165) is 5.39 Å². The largest absolute Gasteiger partial charge is 0.462 e. The second kappa shape index (κ2) is 5.12. The van der Waals surface area contributed by atoms with Gasteiger partial charge in [-0.2, -0.15) is 0 Å². The van der Waals surface area contributed by atoms with Crippen molar-refractivity contribution in [3.63, 3.8) is 0 Å².